The molecule has 1 heterocycles. The number of hydrogen-bond acceptors (Lipinski definition) is 5. The average molecular weight is 370 g/mol. The third-order valence-electron chi connectivity index (χ3n) is 4.40. The Morgan fingerprint density at radius 2 is 1.85 bits per heavy atom. The molecular weight excluding hydrogens is 344 g/mol. The van der Waals surface area contributed by atoms with Crippen molar-refractivity contribution in [1.82, 2.24) is 5.32 Å². The Morgan fingerprint density at radius 3 is 2.59 bits per heavy atom. The smallest absolute Gasteiger partial charge is 0.242 e. The molecule has 3 rings (SSSR count). The fourth-order valence-electron chi connectivity index (χ4n) is 2.84. The van der Waals surface area contributed by atoms with Gasteiger partial charge in [0.15, 0.2) is 11.5 Å². The highest BCUT2D eigenvalue weighted by Crippen LogP contribution is 2.32. The third kappa shape index (κ3) is 5.29. The van der Waals surface area contributed by atoms with Crippen LogP contribution in [0.4, 0.5) is 5.69 Å². The van der Waals surface area contributed by atoms with Crippen molar-refractivity contribution in [1.29, 1.82) is 0 Å². The van der Waals surface area contributed by atoms with Crippen LogP contribution in [0.25, 0.3) is 0 Å². The quantitative estimate of drug-likeness (QED) is 0.784. The molecular formula is C21H26N2O4. The van der Waals surface area contributed by atoms with Gasteiger partial charge in [-0.15, -0.1) is 0 Å². The molecule has 0 fully saturated rings. The first kappa shape index (κ1) is 18.9. The van der Waals surface area contributed by atoms with Gasteiger partial charge in [0.25, 0.3) is 0 Å². The molecule has 0 aliphatic carbocycles. The Hall–Kier alpha value is -2.89. The highest BCUT2D eigenvalue weighted by molar-refractivity contribution is 5.84. The molecule has 2 aromatic rings. The Bertz CT molecular complexity index is 761. The summed E-state index contributed by atoms with van der Waals surface area (Å²) < 4.78 is 16.5. The molecule has 0 unspecified atom stereocenters. The lowest BCUT2D eigenvalue weighted by atomic mass is 10.1. The lowest BCUT2D eigenvalue weighted by molar-refractivity contribution is -0.121. The minimum atomic E-state index is -0.356. The first-order chi connectivity index (χ1) is 13.2. The van der Waals surface area contributed by atoms with Crippen LogP contribution in [-0.2, 0) is 11.2 Å². The van der Waals surface area contributed by atoms with Crippen molar-refractivity contribution in [2.75, 3.05) is 32.2 Å². The number of methoxy groups -OCH3 is 1. The second kappa shape index (κ2) is 9.16. The molecule has 0 aromatic heterocycles. The number of ether oxygens (including phenoxy) is 3. The SMILES string of the molecule is COc1ccc(CCNC(=O)[C@H](C)Nc2ccc3c(c2)OCCCO3)cc1. The predicted octanol–water partition coefficient (Wildman–Crippen LogP) is 3.02. The van der Waals surface area contributed by atoms with E-state index in [1.807, 2.05) is 49.4 Å². The van der Waals surface area contributed by atoms with Crippen molar-refractivity contribution in [3.05, 3.63) is 48.0 Å². The number of amides is 1. The van der Waals surface area contributed by atoms with Crippen LogP contribution in [0.15, 0.2) is 42.5 Å². The van der Waals surface area contributed by atoms with Crippen molar-refractivity contribution < 1.29 is 19.0 Å². The van der Waals surface area contributed by atoms with E-state index < -0.39 is 0 Å². The molecule has 1 aliphatic rings. The standard InChI is InChI=1S/C21H26N2O4/c1-15(21(24)22-11-10-16-4-7-18(25-2)8-5-16)23-17-6-9-19-20(14-17)27-13-3-12-26-19/h4-9,14-15,23H,3,10-13H2,1-2H3,(H,22,24)/t15-/m0/s1. The van der Waals surface area contributed by atoms with Crippen molar-refractivity contribution in [3.8, 4) is 17.2 Å². The highest BCUT2D eigenvalue weighted by atomic mass is 16.5. The molecule has 1 atom stereocenters. The average Bonchev–Trinajstić information content (AvgIpc) is 2.93. The topological polar surface area (TPSA) is 68.8 Å². The second-order valence-corrected chi connectivity index (χ2v) is 6.47. The van der Waals surface area contributed by atoms with Gasteiger partial charge in [0, 0.05) is 24.7 Å². The second-order valence-electron chi connectivity index (χ2n) is 6.47. The molecule has 0 saturated heterocycles. The van der Waals surface area contributed by atoms with Crippen LogP contribution < -0.4 is 24.8 Å². The van der Waals surface area contributed by atoms with E-state index >= 15 is 0 Å². The van der Waals surface area contributed by atoms with Crippen LogP contribution in [-0.4, -0.2) is 38.8 Å². The lowest BCUT2D eigenvalue weighted by Crippen LogP contribution is -2.38. The zero-order chi connectivity index (χ0) is 19.1. The molecule has 6 heteroatoms. The van der Waals surface area contributed by atoms with Crippen LogP contribution in [0.2, 0.25) is 0 Å². The highest BCUT2D eigenvalue weighted by Gasteiger charge is 2.15. The molecule has 6 nitrogen and oxygen atoms in total. The molecule has 0 bridgehead atoms. The van der Waals surface area contributed by atoms with Gasteiger partial charge in [-0.2, -0.15) is 0 Å². The van der Waals surface area contributed by atoms with E-state index in [0.717, 1.165) is 35.6 Å². The number of nitrogens with one attached hydrogen (secondary N) is 2. The first-order valence-corrected chi connectivity index (χ1v) is 9.22. The van der Waals surface area contributed by atoms with Gasteiger partial charge >= 0.3 is 0 Å². The summed E-state index contributed by atoms with van der Waals surface area (Å²) in [7, 11) is 1.65. The Balaban J connectivity index is 1.48. The third-order valence-corrected chi connectivity index (χ3v) is 4.40. The minimum Gasteiger partial charge on any atom is -0.497 e. The number of carbonyl (C=O) groups excluding carboxylic acids is 1. The summed E-state index contributed by atoms with van der Waals surface area (Å²) in [6, 6.07) is 13.1. The molecule has 0 radical (unpaired) electrons. The molecule has 2 aromatic carbocycles. The number of carbonyl (C=O) groups is 1. The zero-order valence-electron chi connectivity index (χ0n) is 15.8. The van der Waals surface area contributed by atoms with E-state index in [1.165, 1.54) is 0 Å². The fourth-order valence-corrected chi connectivity index (χ4v) is 2.84. The van der Waals surface area contributed by atoms with Gasteiger partial charge in [0.05, 0.1) is 20.3 Å². The van der Waals surface area contributed by atoms with E-state index in [2.05, 4.69) is 10.6 Å². The van der Waals surface area contributed by atoms with Gasteiger partial charge in [-0.3, -0.25) is 4.79 Å². The zero-order valence-corrected chi connectivity index (χ0v) is 15.8. The van der Waals surface area contributed by atoms with Crippen LogP contribution in [0.5, 0.6) is 17.2 Å². The van der Waals surface area contributed by atoms with E-state index in [9.17, 15) is 4.79 Å². The fraction of sp³-hybridized carbons (Fsp3) is 0.381. The van der Waals surface area contributed by atoms with Gasteiger partial charge in [-0.05, 0) is 43.2 Å². The Labute approximate surface area is 159 Å². The molecule has 0 saturated carbocycles. The summed E-state index contributed by atoms with van der Waals surface area (Å²) in [6.07, 6.45) is 1.64. The summed E-state index contributed by atoms with van der Waals surface area (Å²) in [4.78, 5) is 12.3. The van der Waals surface area contributed by atoms with Gasteiger partial charge in [-0.25, -0.2) is 0 Å². The normalized spacial score (nSPS) is 14.0. The summed E-state index contributed by atoms with van der Waals surface area (Å²) in [5.41, 5.74) is 1.98. The first-order valence-electron chi connectivity index (χ1n) is 9.22. The van der Waals surface area contributed by atoms with Crippen molar-refractivity contribution in [3.63, 3.8) is 0 Å². The molecule has 27 heavy (non-hydrogen) atoms. The predicted molar refractivity (Wildman–Crippen MR) is 105 cm³/mol. The number of rotatable bonds is 7. The maximum absolute atomic E-state index is 12.3. The van der Waals surface area contributed by atoms with Gasteiger partial charge in [0.1, 0.15) is 11.8 Å². The largest absolute Gasteiger partial charge is 0.497 e. The number of anilines is 1. The number of benzene rings is 2. The van der Waals surface area contributed by atoms with Crippen molar-refractivity contribution in [2.24, 2.45) is 0 Å². The van der Waals surface area contributed by atoms with E-state index in [-0.39, 0.29) is 11.9 Å². The Morgan fingerprint density at radius 1 is 1.11 bits per heavy atom. The number of hydrogen-bond donors (Lipinski definition) is 2. The van der Waals surface area contributed by atoms with E-state index in [4.69, 9.17) is 14.2 Å². The molecule has 0 spiro atoms. The van der Waals surface area contributed by atoms with E-state index in [1.54, 1.807) is 7.11 Å². The van der Waals surface area contributed by atoms with Crippen molar-refractivity contribution in [2.45, 2.75) is 25.8 Å². The Kier molecular flexibility index (Phi) is 6.41. The number of fused-ring (bicyclic) bond motifs is 1. The summed E-state index contributed by atoms with van der Waals surface area (Å²) in [5.74, 6) is 2.24. The summed E-state index contributed by atoms with van der Waals surface area (Å²) in [5, 5.41) is 6.18. The molecule has 2 N–H and O–H groups in total. The van der Waals surface area contributed by atoms with Crippen LogP contribution in [0.1, 0.15) is 18.9 Å². The van der Waals surface area contributed by atoms with Crippen LogP contribution >= 0.6 is 0 Å². The minimum absolute atomic E-state index is 0.0457. The van der Waals surface area contributed by atoms with Gasteiger partial charge in [-0.1, -0.05) is 12.1 Å². The maximum Gasteiger partial charge on any atom is 0.242 e. The van der Waals surface area contributed by atoms with E-state index in [0.29, 0.717) is 25.5 Å². The van der Waals surface area contributed by atoms with Gasteiger partial charge in [0.2, 0.25) is 5.91 Å². The van der Waals surface area contributed by atoms with Gasteiger partial charge < -0.3 is 24.8 Å². The monoisotopic (exact) mass is 370 g/mol. The van der Waals surface area contributed by atoms with Crippen LogP contribution in [0.3, 0.4) is 0 Å². The lowest BCUT2D eigenvalue weighted by Gasteiger charge is -2.17. The van der Waals surface area contributed by atoms with Crippen LogP contribution in [0, 0.1) is 0 Å². The molecule has 1 aliphatic heterocycles. The maximum atomic E-state index is 12.3. The summed E-state index contributed by atoms with van der Waals surface area (Å²) in [6.45, 7) is 3.72. The van der Waals surface area contributed by atoms with Crippen molar-refractivity contribution >= 4 is 11.6 Å². The summed E-state index contributed by atoms with van der Waals surface area (Å²) >= 11 is 0. The molecule has 144 valence electrons. The molecule has 1 amide bonds.